The molecule has 2 N–H and O–H groups in total. The SMILES string of the molecule is CN(C)c1ccncc1NC(=O)C(C)(C)N1CCNCC1. The molecule has 1 aromatic rings. The van der Waals surface area contributed by atoms with Gasteiger partial charge in [-0.3, -0.25) is 14.7 Å². The molecule has 116 valence electrons. The van der Waals surface area contributed by atoms with Crippen LogP contribution in [0.1, 0.15) is 13.8 Å². The van der Waals surface area contributed by atoms with Crippen LogP contribution < -0.4 is 15.5 Å². The van der Waals surface area contributed by atoms with Crippen molar-refractivity contribution in [1.29, 1.82) is 0 Å². The minimum absolute atomic E-state index is 0.000463. The Labute approximate surface area is 126 Å². The van der Waals surface area contributed by atoms with Crippen molar-refractivity contribution in [3.63, 3.8) is 0 Å². The van der Waals surface area contributed by atoms with Gasteiger partial charge in [0, 0.05) is 46.5 Å². The zero-order valence-electron chi connectivity index (χ0n) is 13.3. The van der Waals surface area contributed by atoms with Crippen LogP contribution in [0.2, 0.25) is 0 Å². The van der Waals surface area contributed by atoms with Gasteiger partial charge in [0.1, 0.15) is 0 Å². The Bertz CT molecular complexity index is 495. The van der Waals surface area contributed by atoms with Gasteiger partial charge in [-0.2, -0.15) is 0 Å². The largest absolute Gasteiger partial charge is 0.376 e. The number of nitrogens with zero attached hydrogens (tertiary/aromatic N) is 3. The summed E-state index contributed by atoms with van der Waals surface area (Å²) in [4.78, 5) is 21.0. The normalized spacial score (nSPS) is 16.6. The Morgan fingerprint density at radius 3 is 2.67 bits per heavy atom. The number of nitrogens with one attached hydrogen (secondary N) is 2. The lowest BCUT2D eigenvalue weighted by molar-refractivity contribution is -0.126. The van der Waals surface area contributed by atoms with Crippen molar-refractivity contribution >= 4 is 17.3 Å². The van der Waals surface area contributed by atoms with Gasteiger partial charge in [0.2, 0.25) is 5.91 Å². The Morgan fingerprint density at radius 2 is 2.05 bits per heavy atom. The number of pyridine rings is 1. The predicted octanol–water partition coefficient (Wildman–Crippen LogP) is 0.770. The van der Waals surface area contributed by atoms with Crippen molar-refractivity contribution in [1.82, 2.24) is 15.2 Å². The molecule has 0 saturated carbocycles. The molecule has 21 heavy (non-hydrogen) atoms. The van der Waals surface area contributed by atoms with Crippen LogP contribution in [0.15, 0.2) is 18.5 Å². The molecule has 2 rings (SSSR count). The lowest BCUT2D eigenvalue weighted by atomic mass is 10.0. The number of aromatic nitrogens is 1. The van der Waals surface area contributed by atoms with Crippen LogP contribution in [0.25, 0.3) is 0 Å². The van der Waals surface area contributed by atoms with Gasteiger partial charge in [0.15, 0.2) is 0 Å². The topological polar surface area (TPSA) is 60.5 Å². The highest BCUT2D eigenvalue weighted by Crippen LogP contribution is 2.25. The van der Waals surface area contributed by atoms with E-state index in [4.69, 9.17) is 0 Å². The molecule has 0 bridgehead atoms. The molecule has 1 aliphatic rings. The maximum Gasteiger partial charge on any atom is 0.244 e. The molecule has 6 heteroatoms. The fourth-order valence-electron chi connectivity index (χ4n) is 2.52. The third kappa shape index (κ3) is 3.51. The molecule has 1 aliphatic heterocycles. The molecule has 0 radical (unpaired) electrons. The Morgan fingerprint density at radius 1 is 1.38 bits per heavy atom. The molecule has 2 heterocycles. The van der Waals surface area contributed by atoms with Crippen molar-refractivity contribution < 1.29 is 4.79 Å². The van der Waals surface area contributed by atoms with E-state index in [2.05, 4.69) is 20.5 Å². The molecule has 6 nitrogen and oxygen atoms in total. The molecule has 0 spiro atoms. The van der Waals surface area contributed by atoms with Crippen LogP contribution in [0, 0.1) is 0 Å². The summed E-state index contributed by atoms with van der Waals surface area (Å²) in [5, 5.41) is 6.33. The van der Waals surface area contributed by atoms with E-state index >= 15 is 0 Å². The van der Waals surface area contributed by atoms with Gasteiger partial charge >= 0.3 is 0 Å². The average molecular weight is 291 g/mol. The number of piperazine rings is 1. The highest BCUT2D eigenvalue weighted by molar-refractivity contribution is 5.99. The van der Waals surface area contributed by atoms with Crippen molar-refractivity contribution in [2.75, 3.05) is 50.5 Å². The lowest BCUT2D eigenvalue weighted by Gasteiger charge is -2.39. The summed E-state index contributed by atoms with van der Waals surface area (Å²) >= 11 is 0. The number of hydrogen-bond donors (Lipinski definition) is 2. The number of amides is 1. The molecular weight excluding hydrogens is 266 g/mol. The molecule has 0 unspecified atom stereocenters. The molecule has 1 saturated heterocycles. The third-order valence-corrected chi connectivity index (χ3v) is 3.99. The molecular formula is C15H25N5O. The second-order valence-electron chi connectivity index (χ2n) is 6.04. The van der Waals surface area contributed by atoms with Gasteiger partial charge in [-0.1, -0.05) is 0 Å². The molecule has 0 atom stereocenters. The van der Waals surface area contributed by atoms with Gasteiger partial charge in [-0.25, -0.2) is 0 Å². The van der Waals surface area contributed by atoms with E-state index in [-0.39, 0.29) is 5.91 Å². The second kappa shape index (κ2) is 6.41. The summed E-state index contributed by atoms with van der Waals surface area (Å²) < 4.78 is 0. The van der Waals surface area contributed by atoms with Gasteiger partial charge in [-0.05, 0) is 19.9 Å². The summed E-state index contributed by atoms with van der Waals surface area (Å²) in [7, 11) is 3.90. The third-order valence-electron chi connectivity index (χ3n) is 3.99. The molecule has 1 aromatic heterocycles. The van der Waals surface area contributed by atoms with Crippen molar-refractivity contribution in [2.45, 2.75) is 19.4 Å². The molecule has 1 fully saturated rings. The second-order valence-corrected chi connectivity index (χ2v) is 6.04. The molecule has 0 aromatic carbocycles. The zero-order valence-corrected chi connectivity index (χ0v) is 13.3. The van der Waals surface area contributed by atoms with Gasteiger partial charge in [-0.15, -0.1) is 0 Å². The van der Waals surface area contributed by atoms with Crippen LogP contribution in [-0.2, 0) is 4.79 Å². The Hall–Kier alpha value is -1.66. The first-order valence-electron chi connectivity index (χ1n) is 7.31. The maximum atomic E-state index is 12.7. The lowest BCUT2D eigenvalue weighted by Crippen LogP contribution is -2.58. The Kier molecular flexibility index (Phi) is 4.80. The van der Waals surface area contributed by atoms with Crippen molar-refractivity contribution in [2.24, 2.45) is 0 Å². The number of hydrogen-bond acceptors (Lipinski definition) is 5. The fourth-order valence-corrected chi connectivity index (χ4v) is 2.52. The quantitative estimate of drug-likeness (QED) is 0.858. The van der Waals surface area contributed by atoms with Crippen LogP contribution in [0.5, 0.6) is 0 Å². The summed E-state index contributed by atoms with van der Waals surface area (Å²) in [5.41, 5.74) is 1.16. The van der Waals surface area contributed by atoms with E-state index in [1.807, 2.05) is 38.9 Å². The first-order chi connectivity index (χ1) is 9.93. The minimum Gasteiger partial charge on any atom is -0.376 e. The average Bonchev–Trinajstić information content (AvgIpc) is 2.48. The Balaban J connectivity index is 2.13. The van der Waals surface area contributed by atoms with E-state index in [1.54, 1.807) is 12.4 Å². The molecule has 1 amide bonds. The van der Waals surface area contributed by atoms with Gasteiger partial charge < -0.3 is 15.5 Å². The number of anilines is 2. The van der Waals surface area contributed by atoms with Crippen LogP contribution in [-0.4, -0.2) is 61.6 Å². The summed E-state index contributed by atoms with van der Waals surface area (Å²) in [6.45, 7) is 7.56. The van der Waals surface area contributed by atoms with Crippen LogP contribution in [0.3, 0.4) is 0 Å². The van der Waals surface area contributed by atoms with Crippen molar-refractivity contribution in [3.8, 4) is 0 Å². The standard InChI is InChI=1S/C15H25N5O/c1-15(2,20-9-7-16-8-10-20)14(21)18-12-11-17-6-5-13(12)19(3)4/h5-6,11,16H,7-10H2,1-4H3,(H,18,21). The van der Waals surface area contributed by atoms with Crippen molar-refractivity contribution in [3.05, 3.63) is 18.5 Å². The van der Waals surface area contributed by atoms with E-state index in [1.165, 1.54) is 0 Å². The molecule has 0 aliphatic carbocycles. The fraction of sp³-hybridized carbons (Fsp3) is 0.600. The zero-order chi connectivity index (χ0) is 15.5. The number of carbonyl (C=O) groups is 1. The summed E-state index contributed by atoms with van der Waals surface area (Å²) in [6, 6.07) is 1.90. The van der Waals surface area contributed by atoms with E-state index in [0.717, 1.165) is 37.6 Å². The predicted molar refractivity (Wildman–Crippen MR) is 85.7 cm³/mol. The summed E-state index contributed by atoms with van der Waals surface area (Å²) in [6.07, 6.45) is 3.42. The van der Waals surface area contributed by atoms with E-state index in [0.29, 0.717) is 0 Å². The highest BCUT2D eigenvalue weighted by atomic mass is 16.2. The first kappa shape index (κ1) is 15.7. The smallest absolute Gasteiger partial charge is 0.244 e. The van der Waals surface area contributed by atoms with Gasteiger partial charge in [0.05, 0.1) is 23.1 Å². The summed E-state index contributed by atoms with van der Waals surface area (Å²) in [5.74, 6) is 0.000463. The van der Waals surface area contributed by atoms with Crippen LogP contribution >= 0.6 is 0 Å². The number of carbonyl (C=O) groups excluding carboxylic acids is 1. The first-order valence-corrected chi connectivity index (χ1v) is 7.31. The van der Waals surface area contributed by atoms with Crippen LogP contribution in [0.4, 0.5) is 11.4 Å². The van der Waals surface area contributed by atoms with E-state index in [9.17, 15) is 4.79 Å². The maximum absolute atomic E-state index is 12.7. The van der Waals surface area contributed by atoms with E-state index < -0.39 is 5.54 Å². The minimum atomic E-state index is -0.540. The monoisotopic (exact) mass is 291 g/mol. The highest BCUT2D eigenvalue weighted by Gasteiger charge is 2.35. The van der Waals surface area contributed by atoms with Gasteiger partial charge in [0.25, 0.3) is 0 Å². The number of rotatable bonds is 4.